The second-order valence-corrected chi connectivity index (χ2v) is 8.99. The van der Waals surface area contributed by atoms with Crippen LogP contribution in [0.3, 0.4) is 0 Å². The number of aromatic nitrogens is 2. The number of aryl methyl sites for hydroxylation is 2. The van der Waals surface area contributed by atoms with Crippen LogP contribution in [0.1, 0.15) is 23.9 Å². The van der Waals surface area contributed by atoms with Crippen LogP contribution < -0.4 is 4.74 Å². The van der Waals surface area contributed by atoms with Crippen LogP contribution in [0.4, 0.5) is 14.9 Å². The molecule has 3 aromatic rings. The maximum atomic E-state index is 15.8. The summed E-state index contributed by atoms with van der Waals surface area (Å²) in [5.41, 5.74) is 2.47. The van der Waals surface area contributed by atoms with E-state index in [4.69, 9.17) is 19.0 Å². The lowest BCUT2D eigenvalue weighted by Gasteiger charge is -2.16. The number of benzene rings is 2. The molecule has 1 heterocycles. The lowest BCUT2D eigenvalue weighted by Crippen LogP contribution is -2.21. The number of ether oxygens (including phenoxy) is 2. The molecule has 196 valence electrons. The van der Waals surface area contributed by atoms with Crippen molar-refractivity contribution in [1.29, 1.82) is 0 Å². The Bertz CT molecular complexity index is 1290. The lowest BCUT2D eigenvalue weighted by atomic mass is 10.0. The van der Waals surface area contributed by atoms with E-state index in [1.165, 1.54) is 7.11 Å². The number of hydrogen-bond acceptors (Lipinski definition) is 9. The molecule has 0 N–H and O–H groups in total. The Morgan fingerprint density at radius 1 is 1.22 bits per heavy atom. The first-order chi connectivity index (χ1) is 17.7. The molecular weight excluding hydrogens is 497 g/mol. The van der Waals surface area contributed by atoms with E-state index in [1.54, 1.807) is 49.6 Å². The number of thioether (sulfide) groups is 1. The van der Waals surface area contributed by atoms with Crippen molar-refractivity contribution < 1.29 is 23.2 Å². The van der Waals surface area contributed by atoms with Gasteiger partial charge in [-0.05, 0) is 68.7 Å². The molecule has 0 spiro atoms. The quantitative estimate of drug-likeness (QED) is 0.272. The highest BCUT2D eigenvalue weighted by Crippen LogP contribution is 2.28. The summed E-state index contributed by atoms with van der Waals surface area (Å²) in [4.78, 5) is 26.9. The van der Waals surface area contributed by atoms with Crippen molar-refractivity contribution in [3.63, 3.8) is 0 Å². The molecule has 0 fully saturated rings. The summed E-state index contributed by atoms with van der Waals surface area (Å²) in [5.74, 6) is 0.440. The van der Waals surface area contributed by atoms with Gasteiger partial charge in [-0.1, -0.05) is 12.1 Å². The topological polar surface area (TPSA) is 102 Å². The molecule has 0 unspecified atom stereocenters. The second kappa shape index (κ2) is 13.1. The van der Waals surface area contributed by atoms with Gasteiger partial charge in [0.2, 0.25) is 11.7 Å². The first-order valence-electron chi connectivity index (χ1n) is 11.6. The van der Waals surface area contributed by atoms with Crippen molar-refractivity contribution >= 4 is 34.3 Å². The van der Waals surface area contributed by atoms with Gasteiger partial charge in [0, 0.05) is 24.6 Å². The Hall–Kier alpha value is -3.57. The Morgan fingerprint density at radius 3 is 2.51 bits per heavy atom. The number of carbonyl (C=O) groups excluding carboxylic acids is 1. The maximum Gasteiger partial charge on any atom is 0.434 e. The third kappa shape index (κ3) is 7.46. The normalized spacial score (nSPS) is 12.2. The molecule has 0 saturated carbocycles. The fraction of sp³-hybridized carbons (Fsp3) is 0.346. The summed E-state index contributed by atoms with van der Waals surface area (Å²) in [6.45, 7) is 4.61. The summed E-state index contributed by atoms with van der Waals surface area (Å²) in [6, 6.07) is 10.4. The molecule has 0 aliphatic heterocycles. The Balaban J connectivity index is 2.12. The van der Waals surface area contributed by atoms with Gasteiger partial charge in [-0.25, -0.2) is 14.2 Å². The Kier molecular flexibility index (Phi) is 9.93. The molecule has 9 nitrogen and oxygen atoms in total. The fourth-order valence-electron chi connectivity index (χ4n) is 3.25. The lowest BCUT2D eigenvalue weighted by molar-refractivity contribution is 0.183. The van der Waals surface area contributed by atoms with E-state index >= 15 is 4.39 Å². The molecule has 0 aliphatic rings. The smallest absolute Gasteiger partial charge is 0.434 e. The average Bonchev–Trinajstić information content (AvgIpc) is 3.33. The summed E-state index contributed by atoms with van der Waals surface area (Å²) in [7, 11) is 5.06. The van der Waals surface area contributed by atoms with Crippen LogP contribution in [0.15, 0.2) is 50.9 Å². The monoisotopic (exact) mass is 527 g/mol. The largest absolute Gasteiger partial charge is 0.489 e. The third-order valence-corrected chi connectivity index (χ3v) is 5.89. The van der Waals surface area contributed by atoms with Crippen molar-refractivity contribution in [2.75, 3.05) is 40.6 Å². The molecule has 0 atom stereocenters. The molecule has 3 rings (SSSR count). The first-order valence-corrected chi connectivity index (χ1v) is 12.8. The third-order valence-electron chi connectivity index (χ3n) is 5.22. The van der Waals surface area contributed by atoms with E-state index in [-0.39, 0.29) is 22.1 Å². The fourth-order valence-corrected chi connectivity index (χ4v) is 3.77. The molecule has 37 heavy (non-hydrogen) atoms. The minimum absolute atomic E-state index is 0.116. The Labute approximate surface area is 219 Å². The number of nitrogens with zero attached hydrogens (tertiary/aromatic N) is 5. The van der Waals surface area contributed by atoms with E-state index in [0.717, 1.165) is 22.9 Å². The number of hydrogen-bond donors (Lipinski definition) is 0. The van der Waals surface area contributed by atoms with Crippen LogP contribution in [0.2, 0.25) is 0 Å². The molecular formula is C26H30FN5O4S. The predicted octanol–water partition coefficient (Wildman–Crippen LogP) is 5.34. The molecule has 0 saturated heterocycles. The average molecular weight is 528 g/mol. The number of methoxy groups -OCH3 is 1. The zero-order chi connectivity index (χ0) is 26.9. The van der Waals surface area contributed by atoms with Crippen molar-refractivity contribution in [1.82, 2.24) is 15.0 Å². The van der Waals surface area contributed by atoms with E-state index in [0.29, 0.717) is 37.0 Å². The highest BCUT2D eigenvalue weighted by Gasteiger charge is 2.22. The van der Waals surface area contributed by atoms with E-state index in [9.17, 15) is 4.79 Å². The van der Waals surface area contributed by atoms with Crippen molar-refractivity contribution in [2.24, 2.45) is 9.98 Å². The minimum atomic E-state index is -0.811. The summed E-state index contributed by atoms with van der Waals surface area (Å²) < 4.78 is 31.4. The van der Waals surface area contributed by atoms with Crippen molar-refractivity contribution in [3.8, 4) is 17.1 Å². The van der Waals surface area contributed by atoms with Gasteiger partial charge in [-0.15, -0.1) is 11.8 Å². The second-order valence-electron chi connectivity index (χ2n) is 8.20. The van der Waals surface area contributed by atoms with Gasteiger partial charge < -0.3 is 18.9 Å². The zero-order valence-electron chi connectivity index (χ0n) is 21.7. The minimum Gasteiger partial charge on any atom is -0.489 e. The van der Waals surface area contributed by atoms with Crippen LogP contribution in [0.25, 0.3) is 11.4 Å². The number of aliphatic imine (C=N–C) groups is 2. The van der Waals surface area contributed by atoms with E-state index in [2.05, 4.69) is 15.1 Å². The van der Waals surface area contributed by atoms with E-state index in [1.807, 2.05) is 25.9 Å². The molecule has 0 aliphatic carbocycles. The number of carbonyl (C=O) groups is 1. The number of amides is 1. The summed E-state index contributed by atoms with van der Waals surface area (Å²) in [5, 5.41) is 4.13. The van der Waals surface area contributed by atoms with Crippen LogP contribution in [-0.2, 0) is 11.2 Å². The first kappa shape index (κ1) is 28.0. The molecule has 0 bridgehead atoms. The van der Waals surface area contributed by atoms with Crippen LogP contribution >= 0.6 is 11.8 Å². The van der Waals surface area contributed by atoms with Crippen LogP contribution in [-0.4, -0.2) is 72.5 Å². The van der Waals surface area contributed by atoms with E-state index < -0.39 is 11.9 Å². The van der Waals surface area contributed by atoms with Gasteiger partial charge in [0.25, 0.3) is 0 Å². The van der Waals surface area contributed by atoms with Gasteiger partial charge in [0.1, 0.15) is 17.4 Å². The summed E-state index contributed by atoms with van der Waals surface area (Å²) >= 11 is 1.16. The standard InChI is InChI=1S/C26H30FN5O4S/c1-7-17-14-20(22(27)21(15-17)35-13-12-32(3)4)23(25(37-6)30-26(33)34-5)29-19-10-8-18(9-11-19)24-28-16(2)36-31-24/h8-11,14-15H,7,12-13H2,1-6H3/b29-23-,30-25-. The van der Waals surface area contributed by atoms with Gasteiger partial charge in [0.15, 0.2) is 11.6 Å². The highest BCUT2D eigenvalue weighted by molar-refractivity contribution is 8.15. The Morgan fingerprint density at radius 2 is 1.95 bits per heavy atom. The molecule has 2 aromatic carbocycles. The molecule has 11 heteroatoms. The van der Waals surface area contributed by atoms with Gasteiger partial charge in [0.05, 0.1) is 12.8 Å². The van der Waals surface area contributed by atoms with Gasteiger partial charge in [-0.2, -0.15) is 9.98 Å². The number of halogens is 1. The number of rotatable bonds is 9. The van der Waals surface area contributed by atoms with Crippen molar-refractivity contribution in [3.05, 3.63) is 59.2 Å². The van der Waals surface area contributed by atoms with Gasteiger partial charge in [-0.3, -0.25) is 0 Å². The molecule has 0 radical (unpaired) electrons. The predicted molar refractivity (Wildman–Crippen MR) is 144 cm³/mol. The molecule has 1 amide bonds. The molecule has 1 aromatic heterocycles. The summed E-state index contributed by atoms with van der Waals surface area (Å²) in [6.07, 6.45) is 1.57. The SMILES string of the molecule is CCc1cc(OCCN(C)C)c(F)c(C(=N/c2ccc(-c3noc(C)n3)cc2)/C(=N/C(=O)OC)SC)c1. The van der Waals surface area contributed by atoms with Crippen LogP contribution in [0, 0.1) is 12.7 Å². The van der Waals surface area contributed by atoms with Gasteiger partial charge >= 0.3 is 6.09 Å². The zero-order valence-corrected chi connectivity index (χ0v) is 22.6. The van der Waals surface area contributed by atoms with Crippen LogP contribution in [0.5, 0.6) is 5.75 Å². The highest BCUT2D eigenvalue weighted by atomic mass is 32.2. The van der Waals surface area contributed by atoms with Crippen molar-refractivity contribution in [2.45, 2.75) is 20.3 Å². The number of likely N-dealkylation sites (N-methyl/N-ethyl adjacent to an activating group) is 1. The maximum absolute atomic E-state index is 15.8.